The third-order valence-electron chi connectivity index (χ3n) is 15.2. The SMILES string of the molecule is CC(C)c1ccc(N2c3ccc(C(C)C)cc3B3c4cccc5c4N(c4ccccc4C54C5CC6CC7CC4C5(C6)C7)c4cccc2c43)cc1. The van der Waals surface area contributed by atoms with E-state index in [1.54, 1.807) is 11.1 Å². The van der Waals surface area contributed by atoms with E-state index in [0.29, 0.717) is 17.3 Å². The molecule has 7 aliphatic rings. The quantitative estimate of drug-likeness (QED) is 0.176. The molecule has 0 amide bonds. The summed E-state index contributed by atoms with van der Waals surface area (Å²) in [6.07, 6.45) is 7.35. The van der Waals surface area contributed by atoms with Gasteiger partial charge in [0.1, 0.15) is 0 Å². The molecule has 0 N–H and O–H groups in total. The van der Waals surface area contributed by atoms with Gasteiger partial charge < -0.3 is 9.80 Å². The van der Waals surface area contributed by atoms with Gasteiger partial charge in [0.2, 0.25) is 0 Å². The lowest BCUT2D eigenvalue weighted by Gasteiger charge is -2.68. The van der Waals surface area contributed by atoms with Gasteiger partial charge in [-0.25, -0.2) is 0 Å². The van der Waals surface area contributed by atoms with Crippen LogP contribution < -0.4 is 26.2 Å². The number of fused-ring (bicyclic) bond motifs is 12. The maximum Gasteiger partial charge on any atom is 0.252 e. The summed E-state index contributed by atoms with van der Waals surface area (Å²) >= 11 is 0. The van der Waals surface area contributed by atoms with E-state index >= 15 is 0 Å². The Labute approximate surface area is 297 Å². The zero-order valence-corrected chi connectivity index (χ0v) is 29.8. The molecule has 2 spiro atoms. The second-order valence-electron chi connectivity index (χ2n) is 17.8. The molecular weight excluding hydrogens is 603 g/mol. The number of anilines is 6. The standard InChI is InChI=1S/C47H45BN2/c1-27(2)31-15-18-33(19-16-31)49-39-20-17-32(28(3)4)24-37(39)48-36-11-7-10-35-45(36)50(41-14-8-13-40(49)44(41)48)38-12-6-5-9-34(38)47(35)42-22-29-21-30-23-43(47)46(42,25-29)26-30/h5-20,24,27-30,42-43H,21-23,25-26H2,1-4H3. The van der Waals surface area contributed by atoms with Crippen LogP contribution in [0.3, 0.4) is 0 Å². The molecule has 12 rings (SSSR count). The van der Waals surface area contributed by atoms with Gasteiger partial charge >= 0.3 is 0 Å². The Kier molecular flexibility index (Phi) is 5.32. The molecule has 3 aliphatic heterocycles. The number of rotatable bonds is 3. The first-order valence-corrected chi connectivity index (χ1v) is 19.6. The van der Waals surface area contributed by atoms with Crippen molar-refractivity contribution >= 4 is 57.2 Å². The highest BCUT2D eigenvalue weighted by Crippen LogP contribution is 2.85. The maximum absolute atomic E-state index is 2.72. The lowest BCUT2D eigenvalue weighted by molar-refractivity contribution is -0.0844. The Hall–Kier alpha value is -4.24. The minimum Gasteiger partial charge on any atom is -0.311 e. The highest BCUT2D eigenvalue weighted by molar-refractivity contribution is 7.00. The monoisotopic (exact) mass is 648 g/mol. The molecule has 246 valence electrons. The predicted molar refractivity (Wildman–Crippen MR) is 209 cm³/mol. The molecule has 5 aromatic rings. The van der Waals surface area contributed by atoms with E-state index in [1.165, 1.54) is 93.7 Å². The fourth-order valence-corrected chi connectivity index (χ4v) is 13.7. The van der Waals surface area contributed by atoms with E-state index in [2.05, 4.69) is 141 Å². The molecule has 0 saturated heterocycles. The Morgan fingerprint density at radius 2 is 1.22 bits per heavy atom. The minimum absolute atomic E-state index is 0.138. The molecule has 50 heavy (non-hydrogen) atoms. The van der Waals surface area contributed by atoms with E-state index < -0.39 is 0 Å². The van der Waals surface area contributed by atoms with E-state index in [4.69, 9.17) is 0 Å². The predicted octanol–water partition coefficient (Wildman–Crippen LogP) is 10.1. The Balaban J connectivity index is 1.15. The molecular formula is C47H45BN2. The first-order chi connectivity index (χ1) is 24.4. The Bertz CT molecular complexity index is 2260. The average Bonchev–Trinajstić information content (AvgIpc) is 3.52. The zero-order valence-electron chi connectivity index (χ0n) is 29.8. The Morgan fingerprint density at radius 3 is 1.96 bits per heavy atom. The molecule has 4 fully saturated rings. The van der Waals surface area contributed by atoms with Crippen molar-refractivity contribution in [2.75, 3.05) is 9.80 Å². The van der Waals surface area contributed by atoms with E-state index in [9.17, 15) is 0 Å². The molecule has 3 heterocycles. The number of para-hydroxylation sites is 2. The van der Waals surface area contributed by atoms with Gasteiger partial charge in [-0.15, -0.1) is 0 Å². The molecule has 2 nitrogen and oxygen atoms in total. The smallest absolute Gasteiger partial charge is 0.252 e. The summed E-state index contributed by atoms with van der Waals surface area (Å²) in [5.74, 6) is 4.40. The molecule has 4 unspecified atom stereocenters. The molecule has 0 radical (unpaired) electrons. The van der Waals surface area contributed by atoms with Crippen LogP contribution in [0.2, 0.25) is 0 Å². The van der Waals surface area contributed by atoms with Crippen LogP contribution in [0.25, 0.3) is 0 Å². The molecule has 3 heteroatoms. The van der Waals surface area contributed by atoms with Crippen LogP contribution in [-0.4, -0.2) is 6.71 Å². The van der Waals surface area contributed by atoms with Gasteiger partial charge in [-0.05, 0) is 148 Å². The van der Waals surface area contributed by atoms with Gasteiger partial charge in [0.25, 0.3) is 6.71 Å². The van der Waals surface area contributed by atoms with E-state index in [0.717, 1.165) is 23.7 Å². The highest BCUT2D eigenvalue weighted by atomic mass is 15.2. The number of hydrogen-bond acceptors (Lipinski definition) is 2. The summed E-state index contributed by atoms with van der Waals surface area (Å²) < 4.78 is 0. The number of nitrogens with zero attached hydrogens (tertiary/aromatic N) is 2. The number of hydrogen-bond donors (Lipinski definition) is 0. The first-order valence-electron chi connectivity index (χ1n) is 19.6. The van der Waals surface area contributed by atoms with Crippen LogP contribution in [0.4, 0.5) is 34.1 Å². The van der Waals surface area contributed by atoms with Crippen LogP contribution in [0.5, 0.6) is 0 Å². The van der Waals surface area contributed by atoms with Gasteiger partial charge in [0, 0.05) is 33.9 Å². The molecule has 3 bridgehead atoms. The molecule has 4 atom stereocenters. The van der Waals surface area contributed by atoms with Crippen LogP contribution in [0, 0.1) is 29.1 Å². The molecule has 0 aromatic heterocycles. The summed E-state index contributed by atoms with van der Waals surface area (Å²) in [4.78, 5) is 5.29. The van der Waals surface area contributed by atoms with Crippen molar-refractivity contribution in [1.29, 1.82) is 0 Å². The van der Waals surface area contributed by atoms with Crippen LogP contribution in [0.1, 0.15) is 93.9 Å². The minimum atomic E-state index is 0.138. The van der Waals surface area contributed by atoms with Crippen molar-refractivity contribution in [2.24, 2.45) is 29.1 Å². The lowest BCUT2D eigenvalue weighted by Crippen LogP contribution is -2.67. The van der Waals surface area contributed by atoms with Gasteiger partial charge in [-0.3, -0.25) is 0 Å². The van der Waals surface area contributed by atoms with E-state index in [-0.39, 0.29) is 12.1 Å². The van der Waals surface area contributed by atoms with Gasteiger partial charge in [-0.1, -0.05) is 94.4 Å². The van der Waals surface area contributed by atoms with Gasteiger partial charge in [-0.2, -0.15) is 0 Å². The Morgan fingerprint density at radius 1 is 0.580 bits per heavy atom. The van der Waals surface area contributed by atoms with Crippen LogP contribution >= 0.6 is 0 Å². The van der Waals surface area contributed by atoms with Crippen molar-refractivity contribution in [3.8, 4) is 0 Å². The van der Waals surface area contributed by atoms with Crippen molar-refractivity contribution in [3.05, 3.63) is 125 Å². The second kappa shape index (κ2) is 9.35. The van der Waals surface area contributed by atoms with Gasteiger partial charge in [0.15, 0.2) is 0 Å². The molecule has 4 aliphatic carbocycles. The largest absolute Gasteiger partial charge is 0.311 e. The van der Waals surface area contributed by atoms with Crippen LogP contribution in [-0.2, 0) is 5.41 Å². The molecule has 4 saturated carbocycles. The topological polar surface area (TPSA) is 6.48 Å². The highest BCUT2D eigenvalue weighted by Gasteiger charge is 2.79. The molecule has 5 aromatic carbocycles. The van der Waals surface area contributed by atoms with Crippen molar-refractivity contribution in [2.45, 2.75) is 77.0 Å². The summed E-state index contributed by atoms with van der Waals surface area (Å²) in [5, 5.41) is 0. The second-order valence-corrected chi connectivity index (χ2v) is 17.8. The average molecular weight is 649 g/mol. The summed E-state index contributed by atoms with van der Waals surface area (Å²) in [6.45, 7) is 9.46. The van der Waals surface area contributed by atoms with Gasteiger partial charge in [0.05, 0.1) is 5.69 Å². The first kappa shape index (κ1) is 28.5. The van der Waals surface area contributed by atoms with E-state index in [1.807, 2.05) is 0 Å². The third-order valence-corrected chi connectivity index (χ3v) is 15.2. The maximum atomic E-state index is 2.72. The van der Waals surface area contributed by atoms with Crippen LogP contribution in [0.15, 0.2) is 103 Å². The third kappa shape index (κ3) is 3.14. The fourth-order valence-electron chi connectivity index (χ4n) is 13.7. The fraction of sp³-hybridized carbons (Fsp3) is 0.362. The summed E-state index contributed by atoms with van der Waals surface area (Å²) in [6, 6.07) is 41.1. The summed E-state index contributed by atoms with van der Waals surface area (Å²) in [5.41, 5.74) is 19.4. The normalized spacial score (nSPS) is 29.6. The zero-order chi connectivity index (χ0) is 33.3. The summed E-state index contributed by atoms with van der Waals surface area (Å²) in [7, 11) is 0. The van der Waals surface area contributed by atoms with Crippen molar-refractivity contribution in [1.82, 2.24) is 0 Å². The van der Waals surface area contributed by atoms with Crippen molar-refractivity contribution < 1.29 is 0 Å². The van der Waals surface area contributed by atoms with Crippen molar-refractivity contribution in [3.63, 3.8) is 0 Å². The number of benzene rings is 5. The lowest BCUT2D eigenvalue weighted by atomic mass is 9.31.